The number of hydrogen-bond donors (Lipinski definition) is 2. The summed E-state index contributed by atoms with van der Waals surface area (Å²) in [5.74, 6) is 0. The summed E-state index contributed by atoms with van der Waals surface area (Å²) in [6, 6.07) is 2.38. The lowest BCUT2D eigenvalue weighted by molar-refractivity contribution is 0.240. The fourth-order valence-corrected chi connectivity index (χ4v) is 2.29. The van der Waals surface area contributed by atoms with E-state index < -0.39 is 0 Å². The third kappa shape index (κ3) is 2.99. The standard InChI is InChI=1S/C9H11BrN2OS/c10-8-3-6(5-14-8)4-11-9(13)12-7-1-2-7/h3,5,7H,1-2,4H2,(H2,11,12,13). The van der Waals surface area contributed by atoms with Crippen molar-refractivity contribution in [1.29, 1.82) is 0 Å². The minimum Gasteiger partial charge on any atom is -0.335 e. The largest absolute Gasteiger partial charge is 0.335 e. The van der Waals surface area contributed by atoms with Crippen molar-refractivity contribution in [3.05, 3.63) is 20.8 Å². The van der Waals surface area contributed by atoms with Crippen LogP contribution in [0.4, 0.5) is 4.79 Å². The van der Waals surface area contributed by atoms with Gasteiger partial charge in [0.15, 0.2) is 0 Å². The Kier molecular flexibility index (Phi) is 3.08. The number of urea groups is 1. The number of halogens is 1. The van der Waals surface area contributed by atoms with Gasteiger partial charge in [0.25, 0.3) is 0 Å². The Hall–Kier alpha value is -0.550. The first-order valence-electron chi connectivity index (χ1n) is 4.51. The van der Waals surface area contributed by atoms with E-state index in [1.54, 1.807) is 11.3 Å². The molecule has 0 unspecified atom stereocenters. The maximum Gasteiger partial charge on any atom is 0.315 e. The molecule has 0 radical (unpaired) electrons. The number of carbonyl (C=O) groups excluding carboxylic acids is 1. The molecule has 2 N–H and O–H groups in total. The molecule has 1 aliphatic rings. The summed E-state index contributed by atoms with van der Waals surface area (Å²) in [4.78, 5) is 11.2. The number of hydrogen-bond acceptors (Lipinski definition) is 2. The predicted molar refractivity (Wildman–Crippen MR) is 60.4 cm³/mol. The van der Waals surface area contributed by atoms with Crippen LogP contribution < -0.4 is 10.6 Å². The summed E-state index contributed by atoms with van der Waals surface area (Å²) in [5, 5.41) is 7.72. The number of rotatable bonds is 3. The number of nitrogens with one attached hydrogen (secondary N) is 2. The van der Waals surface area contributed by atoms with Gasteiger partial charge in [-0.1, -0.05) is 0 Å². The molecule has 1 saturated carbocycles. The summed E-state index contributed by atoms with van der Waals surface area (Å²) < 4.78 is 1.09. The Bertz CT molecular complexity index is 335. The quantitative estimate of drug-likeness (QED) is 0.874. The normalized spacial score (nSPS) is 15.2. The summed E-state index contributed by atoms with van der Waals surface area (Å²) in [6.07, 6.45) is 2.24. The molecule has 0 bridgehead atoms. The zero-order valence-electron chi connectivity index (χ0n) is 7.55. The lowest BCUT2D eigenvalue weighted by atomic mass is 10.3. The van der Waals surface area contributed by atoms with Gasteiger partial charge in [0.05, 0.1) is 3.79 Å². The minimum absolute atomic E-state index is 0.0603. The molecule has 0 aliphatic heterocycles. The van der Waals surface area contributed by atoms with E-state index in [1.807, 2.05) is 11.4 Å². The topological polar surface area (TPSA) is 41.1 Å². The molecule has 1 aliphatic carbocycles. The fraction of sp³-hybridized carbons (Fsp3) is 0.444. The van der Waals surface area contributed by atoms with Gasteiger partial charge in [-0.2, -0.15) is 0 Å². The molecular weight excluding hydrogens is 264 g/mol. The average molecular weight is 275 g/mol. The maximum atomic E-state index is 11.2. The van der Waals surface area contributed by atoms with Gasteiger partial charge in [-0.25, -0.2) is 4.79 Å². The van der Waals surface area contributed by atoms with Crippen molar-refractivity contribution >= 4 is 33.3 Å². The van der Waals surface area contributed by atoms with Crippen LogP contribution in [0, 0.1) is 0 Å². The maximum absolute atomic E-state index is 11.2. The number of carbonyl (C=O) groups is 1. The molecular formula is C9H11BrN2OS. The molecule has 1 aromatic heterocycles. The Morgan fingerprint density at radius 2 is 2.43 bits per heavy atom. The zero-order valence-corrected chi connectivity index (χ0v) is 9.95. The second-order valence-corrected chi connectivity index (χ2v) is 5.65. The van der Waals surface area contributed by atoms with E-state index in [0.29, 0.717) is 12.6 Å². The Balaban J connectivity index is 1.73. The van der Waals surface area contributed by atoms with Crippen molar-refractivity contribution in [1.82, 2.24) is 10.6 Å². The van der Waals surface area contributed by atoms with Crippen molar-refractivity contribution in [3.63, 3.8) is 0 Å². The summed E-state index contributed by atoms with van der Waals surface area (Å²) in [5.41, 5.74) is 1.13. The van der Waals surface area contributed by atoms with E-state index in [1.165, 1.54) is 0 Å². The van der Waals surface area contributed by atoms with Gasteiger partial charge in [-0.3, -0.25) is 0 Å². The van der Waals surface area contributed by atoms with Crippen LogP contribution in [-0.4, -0.2) is 12.1 Å². The Morgan fingerprint density at radius 1 is 1.64 bits per heavy atom. The van der Waals surface area contributed by atoms with E-state index in [-0.39, 0.29) is 6.03 Å². The third-order valence-electron chi connectivity index (χ3n) is 1.99. The molecule has 1 heterocycles. The van der Waals surface area contributed by atoms with Crippen LogP contribution >= 0.6 is 27.3 Å². The number of thiophene rings is 1. The summed E-state index contributed by atoms with van der Waals surface area (Å²) >= 11 is 5.01. The van der Waals surface area contributed by atoms with Gasteiger partial charge in [-0.15, -0.1) is 11.3 Å². The van der Waals surface area contributed by atoms with Crippen molar-refractivity contribution in [2.75, 3.05) is 0 Å². The van der Waals surface area contributed by atoms with Crippen molar-refractivity contribution < 1.29 is 4.79 Å². The van der Waals surface area contributed by atoms with Gasteiger partial charge in [0.1, 0.15) is 0 Å². The molecule has 3 nitrogen and oxygen atoms in total. The van der Waals surface area contributed by atoms with Crippen LogP contribution in [-0.2, 0) is 6.54 Å². The SMILES string of the molecule is O=C(NCc1csc(Br)c1)NC1CC1. The van der Waals surface area contributed by atoms with Crippen LogP contribution in [0.5, 0.6) is 0 Å². The lowest BCUT2D eigenvalue weighted by Crippen LogP contribution is -2.36. The number of amides is 2. The van der Waals surface area contributed by atoms with Gasteiger partial charge in [-0.05, 0) is 45.8 Å². The summed E-state index contributed by atoms with van der Waals surface area (Å²) in [7, 11) is 0. The monoisotopic (exact) mass is 274 g/mol. The molecule has 1 fully saturated rings. The van der Waals surface area contributed by atoms with Crippen LogP contribution in [0.3, 0.4) is 0 Å². The van der Waals surface area contributed by atoms with Crippen molar-refractivity contribution in [2.24, 2.45) is 0 Å². The zero-order chi connectivity index (χ0) is 9.97. The van der Waals surface area contributed by atoms with Crippen LogP contribution in [0.25, 0.3) is 0 Å². The summed E-state index contributed by atoms with van der Waals surface area (Å²) in [6.45, 7) is 0.598. The highest BCUT2D eigenvalue weighted by Gasteiger charge is 2.22. The first-order chi connectivity index (χ1) is 6.74. The smallest absolute Gasteiger partial charge is 0.315 e. The molecule has 0 saturated heterocycles. The van der Waals surface area contributed by atoms with Crippen LogP contribution in [0.2, 0.25) is 0 Å². The van der Waals surface area contributed by atoms with Gasteiger partial charge < -0.3 is 10.6 Å². The van der Waals surface area contributed by atoms with Crippen molar-refractivity contribution in [3.8, 4) is 0 Å². The average Bonchev–Trinajstić information content (AvgIpc) is 2.85. The highest BCUT2D eigenvalue weighted by molar-refractivity contribution is 9.11. The van der Waals surface area contributed by atoms with E-state index in [2.05, 4.69) is 26.6 Å². The highest BCUT2D eigenvalue weighted by atomic mass is 79.9. The molecule has 0 aromatic carbocycles. The Labute approximate surface area is 95.0 Å². The van der Waals surface area contributed by atoms with Crippen molar-refractivity contribution in [2.45, 2.75) is 25.4 Å². The van der Waals surface area contributed by atoms with Gasteiger partial charge in [0, 0.05) is 12.6 Å². The lowest BCUT2D eigenvalue weighted by Gasteiger charge is -2.04. The molecule has 1 aromatic rings. The second kappa shape index (κ2) is 4.31. The fourth-order valence-electron chi connectivity index (χ4n) is 1.08. The van der Waals surface area contributed by atoms with Crippen LogP contribution in [0.15, 0.2) is 15.2 Å². The molecule has 0 atom stereocenters. The third-order valence-corrected chi connectivity index (χ3v) is 3.54. The molecule has 14 heavy (non-hydrogen) atoms. The predicted octanol–water partition coefficient (Wildman–Crippen LogP) is 2.47. The molecule has 5 heteroatoms. The molecule has 0 spiro atoms. The van der Waals surface area contributed by atoms with Gasteiger partial charge in [0.2, 0.25) is 0 Å². The second-order valence-electron chi connectivity index (χ2n) is 3.36. The van der Waals surface area contributed by atoms with E-state index in [9.17, 15) is 4.79 Å². The first kappa shape index (κ1) is 9.98. The first-order valence-corrected chi connectivity index (χ1v) is 6.18. The van der Waals surface area contributed by atoms with Crippen LogP contribution in [0.1, 0.15) is 18.4 Å². The molecule has 76 valence electrons. The van der Waals surface area contributed by atoms with E-state index >= 15 is 0 Å². The van der Waals surface area contributed by atoms with Gasteiger partial charge >= 0.3 is 6.03 Å². The van der Waals surface area contributed by atoms with E-state index in [0.717, 1.165) is 22.2 Å². The minimum atomic E-state index is -0.0603. The molecule has 2 amide bonds. The Morgan fingerprint density at radius 3 is 3.00 bits per heavy atom. The molecule has 2 rings (SSSR count). The highest BCUT2D eigenvalue weighted by Crippen LogP contribution is 2.20. The van der Waals surface area contributed by atoms with E-state index in [4.69, 9.17) is 0 Å².